The van der Waals surface area contributed by atoms with Gasteiger partial charge in [-0.05, 0) is 67.7 Å². The summed E-state index contributed by atoms with van der Waals surface area (Å²) < 4.78 is 10.3. The van der Waals surface area contributed by atoms with Gasteiger partial charge in [-0.25, -0.2) is 0 Å². The van der Waals surface area contributed by atoms with E-state index >= 15 is 0 Å². The normalized spacial score (nSPS) is 10.3. The molecule has 0 radical (unpaired) electrons. The lowest BCUT2D eigenvalue weighted by atomic mass is 10.1. The van der Waals surface area contributed by atoms with Crippen molar-refractivity contribution in [1.82, 2.24) is 10.3 Å². The number of ether oxygens (including phenoxy) is 2. The molecule has 3 aromatic rings. The molecule has 0 amide bonds. The molecule has 0 bridgehead atoms. The molecular weight excluding hydrogens is 364 g/mol. The number of hydrogen-bond acceptors (Lipinski definition) is 4. The van der Waals surface area contributed by atoms with Crippen molar-refractivity contribution >= 4 is 10.9 Å². The number of rotatable bonds is 8. The predicted octanol–water partition coefficient (Wildman–Crippen LogP) is 4.34. The number of aryl methyl sites for hydroxylation is 1. The predicted molar refractivity (Wildman–Crippen MR) is 120 cm³/mol. The zero-order chi connectivity index (χ0) is 21.1. The maximum atomic E-state index is 11.2. The van der Waals surface area contributed by atoms with Gasteiger partial charge in [-0.1, -0.05) is 32.0 Å². The minimum Gasteiger partial charge on any atom is -0.497 e. The fourth-order valence-electron chi connectivity index (χ4n) is 3.09. The van der Waals surface area contributed by atoms with Crippen LogP contribution in [-0.4, -0.2) is 32.3 Å². The minimum absolute atomic E-state index is 0.103. The Morgan fingerprint density at radius 1 is 0.897 bits per heavy atom. The number of benzene rings is 2. The van der Waals surface area contributed by atoms with Crippen molar-refractivity contribution in [2.45, 2.75) is 33.1 Å². The molecule has 0 aliphatic heterocycles. The Bertz CT molecular complexity index is 933. The van der Waals surface area contributed by atoms with Gasteiger partial charge >= 0.3 is 0 Å². The molecule has 0 saturated carbocycles. The summed E-state index contributed by atoms with van der Waals surface area (Å²) in [6, 6.07) is 15.6. The number of fused-ring (bicyclic) bond motifs is 1. The van der Waals surface area contributed by atoms with Gasteiger partial charge in [0.15, 0.2) is 0 Å². The Morgan fingerprint density at radius 3 is 2.28 bits per heavy atom. The highest BCUT2D eigenvalue weighted by molar-refractivity contribution is 5.87. The van der Waals surface area contributed by atoms with Crippen molar-refractivity contribution in [1.29, 1.82) is 0 Å². The molecule has 0 aliphatic carbocycles. The number of aromatic nitrogens is 1. The third kappa shape index (κ3) is 6.64. The van der Waals surface area contributed by atoms with Crippen molar-refractivity contribution in [3.8, 4) is 11.5 Å². The van der Waals surface area contributed by atoms with E-state index in [-0.39, 0.29) is 5.56 Å². The van der Waals surface area contributed by atoms with E-state index in [4.69, 9.17) is 9.47 Å². The Hall–Kier alpha value is -2.79. The van der Waals surface area contributed by atoms with Gasteiger partial charge in [-0.3, -0.25) is 4.79 Å². The summed E-state index contributed by atoms with van der Waals surface area (Å²) in [5.74, 6) is 1.63. The maximum absolute atomic E-state index is 11.2. The molecule has 0 fully saturated rings. The number of aromatic amines is 1. The van der Waals surface area contributed by atoms with Gasteiger partial charge in [-0.2, -0.15) is 0 Å². The summed E-state index contributed by atoms with van der Waals surface area (Å²) in [4.78, 5) is 14.0. The summed E-state index contributed by atoms with van der Waals surface area (Å²) in [6.07, 6.45) is 3.22. The van der Waals surface area contributed by atoms with Crippen LogP contribution in [0.4, 0.5) is 0 Å². The Balaban J connectivity index is 0.000000208. The summed E-state index contributed by atoms with van der Waals surface area (Å²) in [6.45, 7) is 6.43. The fourth-order valence-corrected chi connectivity index (χ4v) is 3.09. The largest absolute Gasteiger partial charge is 0.497 e. The van der Waals surface area contributed by atoms with Crippen LogP contribution in [0.5, 0.6) is 11.5 Å². The third-order valence-corrected chi connectivity index (χ3v) is 4.72. The molecule has 0 spiro atoms. The summed E-state index contributed by atoms with van der Waals surface area (Å²) in [7, 11) is 3.30. The van der Waals surface area contributed by atoms with Gasteiger partial charge in [0.2, 0.25) is 5.56 Å². The van der Waals surface area contributed by atoms with Crippen molar-refractivity contribution in [2.75, 3.05) is 27.3 Å². The van der Waals surface area contributed by atoms with E-state index in [2.05, 4.69) is 36.3 Å². The Labute approximate surface area is 173 Å². The number of methoxy groups -OCH3 is 2. The van der Waals surface area contributed by atoms with Crippen LogP contribution in [0.1, 0.15) is 31.4 Å². The molecule has 0 aliphatic rings. The Kier molecular flexibility index (Phi) is 9.25. The third-order valence-electron chi connectivity index (χ3n) is 4.72. The molecule has 5 nitrogen and oxygen atoms in total. The maximum Gasteiger partial charge on any atom is 0.248 e. The lowest BCUT2D eigenvalue weighted by molar-refractivity contribution is 0.414. The monoisotopic (exact) mass is 396 g/mol. The Morgan fingerprint density at radius 2 is 1.66 bits per heavy atom. The standard InChI is InChI=1S/C12H13NO2.C12H19NO/c1-3-8-4-6-10(15-2)12-9(8)5-7-11(14)13-12;1-3-9-13-10-8-11-4-6-12(14-2)7-5-11/h4-7H,3H2,1-2H3,(H,13,14);4-7,13H,3,8-10H2,1-2H3. The van der Waals surface area contributed by atoms with Crippen molar-refractivity contribution in [3.05, 3.63) is 70.0 Å². The van der Waals surface area contributed by atoms with Gasteiger partial charge in [0, 0.05) is 11.5 Å². The molecule has 1 aromatic heterocycles. The van der Waals surface area contributed by atoms with E-state index < -0.39 is 0 Å². The molecular formula is C24H32N2O3. The topological polar surface area (TPSA) is 63.4 Å². The number of hydrogen-bond donors (Lipinski definition) is 2. The minimum atomic E-state index is -0.103. The van der Waals surface area contributed by atoms with E-state index in [1.54, 1.807) is 20.3 Å². The van der Waals surface area contributed by atoms with Crippen molar-refractivity contribution < 1.29 is 9.47 Å². The van der Waals surface area contributed by atoms with Gasteiger partial charge in [-0.15, -0.1) is 0 Å². The smallest absolute Gasteiger partial charge is 0.248 e. The van der Waals surface area contributed by atoms with E-state index in [0.717, 1.165) is 42.6 Å². The van der Waals surface area contributed by atoms with E-state index in [0.29, 0.717) is 5.75 Å². The highest BCUT2D eigenvalue weighted by Gasteiger charge is 2.05. The first-order valence-electron chi connectivity index (χ1n) is 10.2. The second kappa shape index (κ2) is 11.9. The van der Waals surface area contributed by atoms with Crippen molar-refractivity contribution in [2.24, 2.45) is 0 Å². The average Bonchev–Trinajstić information content (AvgIpc) is 2.76. The zero-order valence-corrected chi connectivity index (χ0v) is 17.9. The molecule has 29 heavy (non-hydrogen) atoms. The molecule has 1 heterocycles. The number of nitrogens with one attached hydrogen (secondary N) is 2. The van der Waals surface area contributed by atoms with Crippen LogP contribution in [0.15, 0.2) is 53.3 Å². The summed E-state index contributed by atoms with van der Waals surface area (Å²) >= 11 is 0. The molecule has 5 heteroatoms. The van der Waals surface area contributed by atoms with Crippen LogP contribution in [0.2, 0.25) is 0 Å². The van der Waals surface area contributed by atoms with E-state index in [1.807, 2.05) is 30.3 Å². The van der Waals surface area contributed by atoms with Crippen LogP contribution in [0.25, 0.3) is 10.9 Å². The molecule has 0 unspecified atom stereocenters. The zero-order valence-electron chi connectivity index (χ0n) is 17.9. The van der Waals surface area contributed by atoms with Crippen LogP contribution in [0, 0.1) is 0 Å². The van der Waals surface area contributed by atoms with E-state index in [9.17, 15) is 4.79 Å². The lowest BCUT2D eigenvalue weighted by Gasteiger charge is -2.08. The summed E-state index contributed by atoms with van der Waals surface area (Å²) in [5.41, 5.74) is 3.25. The molecule has 156 valence electrons. The quantitative estimate of drug-likeness (QED) is 0.556. The van der Waals surface area contributed by atoms with Gasteiger partial charge < -0.3 is 19.8 Å². The van der Waals surface area contributed by atoms with Crippen LogP contribution in [-0.2, 0) is 12.8 Å². The van der Waals surface area contributed by atoms with Crippen LogP contribution < -0.4 is 20.3 Å². The second-order valence-electron chi connectivity index (χ2n) is 6.74. The van der Waals surface area contributed by atoms with Gasteiger partial charge in [0.05, 0.1) is 19.7 Å². The SMILES string of the molecule is CCCNCCc1ccc(OC)cc1.CCc1ccc(OC)c2[nH]c(=O)ccc12. The molecule has 0 saturated heterocycles. The highest BCUT2D eigenvalue weighted by Crippen LogP contribution is 2.25. The van der Waals surface area contributed by atoms with Gasteiger partial charge in [0.25, 0.3) is 0 Å². The lowest BCUT2D eigenvalue weighted by Crippen LogP contribution is -2.17. The first-order chi connectivity index (χ1) is 14.1. The summed E-state index contributed by atoms with van der Waals surface area (Å²) in [5, 5.41) is 4.43. The second-order valence-corrected chi connectivity index (χ2v) is 6.74. The average molecular weight is 397 g/mol. The van der Waals surface area contributed by atoms with Crippen LogP contribution in [0.3, 0.4) is 0 Å². The number of H-pyrrole nitrogens is 1. The first kappa shape index (κ1) is 22.5. The molecule has 3 rings (SSSR count). The van der Waals surface area contributed by atoms with Gasteiger partial charge in [0.1, 0.15) is 11.5 Å². The van der Waals surface area contributed by atoms with Crippen LogP contribution >= 0.6 is 0 Å². The fraction of sp³-hybridized carbons (Fsp3) is 0.375. The highest BCUT2D eigenvalue weighted by atomic mass is 16.5. The molecule has 2 N–H and O–H groups in total. The molecule has 2 aromatic carbocycles. The first-order valence-corrected chi connectivity index (χ1v) is 10.2. The van der Waals surface area contributed by atoms with E-state index in [1.165, 1.54) is 17.5 Å². The molecule has 0 atom stereocenters. The number of pyridine rings is 1. The van der Waals surface area contributed by atoms with Crippen molar-refractivity contribution in [3.63, 3.8) is 0 Å².